The van der Waals surface area contributed by atoms with Crippen molar-refractivity contribution in [1.29, 1.82) is 0 Å². The molecule has 1 aromatic rings. The Morgan fingerprint density at radius 2 is 1.88 bits per heavy atom. The van der Waals surface area contributed by atoms with Gasteiger partial charge in [0.05, 0.1) is 12.0 Å². The van der Waals surface area contributed by atoms with Crippen LogP contribution in [0.25, 0.3) is 0 Å². The van der Waals surface area contributed by atoms with E-state index in [-0.39, 0.29) is 11.9 Å². The van der Waals surface area contributed by atoms with E-state index >= 15 is 0 Å². The standard InChI is InChI=1S/C12H14N2O2/c1-12(9-6-4-3-5-7-9)8-10(15)13-11(16)14(12)2/h3-7H,8H2,1-2H3,(H,13,15,16). The number of hydrogen-bond donors (Lipinski definition) is 1. The highest BCUT2D eigenvalue weighted by Gasteiger charge is 2.41. The molecule has 84 valence electrons. The van der Waals surface area contributed by atoms with Crippen LogP contribution in [0.15, 0.2) is 30.3 Å². The van der Waals surface area contributed by atoms with Crippen molar-refractivity contribution < 1.29 is 9.59 Å². The van der Waals surface area contributed by atoms with Crippen molar-refractivity contribution in [1.82, 2.24) is 10.2 Å². The quantitative estimate of drug-likeness (QED) is 0.776. The number of rotatable bonds is 1. The van der Waals surface area contributed by atoms with Gasteiger partial charge in [0.25, 0.3) is 0 Å². The van der Waals surface area contributed by atoms with Crippen molar-refractivity contribution in [3.8, 4) is 0 Å². The van der Waals surface area contributed by atoms with Gasteiger partial charge >= 0.3 is 6.03 Å². The highest BCUT2D eigenvalue weighted by Crippen LogP contribution is 2.32. The number of carbonyl (C=O) groups excluding carboxylic acids is 2. The molecule has 0 radical (unpaired) electrons. The molecule has 1 saturated heterocycles. The third-order valence-electron chi connectivity index (χ3n) is 3.19. The van der Waals surface area contributed by atoms with Crippen molar-refractivity contribution in [2.45, 2.75) is 18.9 Å². The second-order valence-electron chi connectivity index (χ2n) is 4.23. The summed E-state index contributed by atoms with van der Waals surface area (Å²) in [5.41, 5.74) is 0.418. The zero-order valence-electron chi connectivity index (χ0n) is 9.36. The number of carbonyl (C=O) groups is 2. The lowest BCUT2D eigenvalue weighted by atomic mass is 9.85. The molecule has 0 spiro atoms. The van der Waals surface area contributed by atoms with Gasteiger partial charge in [-0.15, -0.1) is 0 Å². The van der Waals surface area contributed by atoms with E-state index in [0.717, 1.165) is 5.56 Å². The molecule has 4 nitrogen and oxygen atoms in total. The molecule has 0 aromatic heterocycles. The molecule has 1 aliphatic heterocycles. The third kappa shape index (κ3) is 1.56. The highest BCUT2D eigenvalue weighted by atomic mass is 16.2. The topological polar surface area (TPSA) is 49.4 Å². The Labute approximate surface area is 94.2 Å². The van der Waals surface area contributed by atoms with Crippen LogP contribution < -0.4 is 5.32 Å². The van der Waals surface area contributed by atoms with E-state index in [1.807, 2.05) is 37.3 Å². The average Bonchev–Trinajstić information content (AvgIpc) is 2.27. The summed E-state index contributed by atoms with van der Waals surface area (Å²) in [6.45, 7) is 1.90. The third-order valence-corrected chi connectivity index (χ3v) is 3.19. The number of amides is 3. The minimum Gasteiger partial charge on any atom is -0.318 e. The fourth-order valence-corrected chi connectivity index (χ4v) is 2.00. The molecule has 1 N–H and O–H groups in total. The summed E-state index contributed by atoms with van der Waals surface area (Å²) in [5.74, 6) is -0.227. The second kappa shape index (κ2) is 3.63. The molecule has 2 rings (SSSR count). The predicted molar refractivity (Wildman–Crippen MR) is 59.7 cm³/mol. The van der Waals surface area contributed by atoms with Crippen LogP contribution in [-0.4, -0.2) is 23.9 Å². The largest absolute Gasteiger partial charge is 0.324 e. The lowest BCUT2D eigenvalue weighted by Gasteiger charge is -2.42. The van der Waals surface area contributed by atoms with Gasteiger partial charge in [0.1, 0.15) is 0 Å². The van der Waals surface area contributed by atoms with Crippen molar-refractivity contribution >= 4 is 11.9 Å². The van der Waals surface area contributed by atoms with Gasteiger partial charge in [-0.1, -0.05) is 30.3 Å². The normalized spacial score (nSPS) is 25.5. The van der Waals surface area contributed by atoms with Crippen molar-refractivity contribution in [3.63, 3.8) is 0 Å². The SMILES string of the molecule is CN1C(=O)NC(=O)CC1(C)c1ccccc1. The molecule has 16 heavy (non-hydrogen) atoms. The smallest absolute Gasteiger partial charge is 0.318 e. The predicted octanol–water partition coefficient (Wildman–Crippen LogP) is 1.47. The Morgan fingerprint density at radius 1 is 1.25 bits per heavy atom. The maximum Gasteiger partial charge on any atom is 0.324 e. The van der Waals surface area contributed by atoms with E-state index in [9.17, 15) is 9.59 Å². The molecule has 0 saturated carbocycles. The summed E-state index contributed by atoms with van der Waals surface area (Å²) in [6.07, 6.45) is 0.291. The van der Waals surface area contributed by atoms with Gasteiger partial charge in [-0.05, 0) is 12.5 Å². The van der Waals surface area contributed by atoms with Crippen molar-refractivity contribution in [3.05, 3.63) is 35.9 Å². The highest BCUT2D eigenvalue weighted by molar-refractivity contribution is 5.97. The first-order valence-corrected chi connectivity index (χ1v) is 5.17. The van der Waals surface area contributed by atoms with Gasteiger partial charge < -0.3 is 4.90 Å². The zero-order chi connectivity index (χ0) is 11.8. The van der Waals surface area contributed by atoms with Crippen molar-refractivity contribution in [2.24, 2.45) is 0 Å². The molecule has 3 amide bonds. The first-order valence-electron chi connectivity index (χ1n) is 5.17. The van der Waals surface area contributed by atoms with Gasteiger partial charge in [-0.3, -0.25) is 10.1 Å². The lowest BCUT2D eigenvalue weighted by molar-refractivity contribution is -0.124. The lowest BCUT2D eigenvalue weighted by Crippen LogP contribution is -2.57. The van der Waals surface area contributed by atoms with Crippen LogP contribution in [0.2, 0.25) is 0 Å². The Kier molecular flexibility index (Phi) is 2.42. The van der Waals surface area contributed by atoms with E-state index in [2.05, 4.69) is 5.32 Å². The molecule has 1 aromatic carbocycles. The van der Waals surface area contributed by atoms with E-state index in [1.165, 1.54) is 0 Å². The van der Waals surface area contributed by atoms with E-state index < -0.39 is 5.54 Å². The van der Waals surface area contributed by atoms with Crippen LogP contribution in [0.5, 0.6) is 0 Å². The van der Waals surface area contributed by atoms with Crippen LogP contribution >= 0.6 is 0 Å². The van der Waals surface area contributed by atoms with E-state index in [0.29, 0.717) is 6.42 Å². The molecule has 0 aliphatic carbocycles. The first kappa shape index (κ1) is 10.7. The maximum absolute atomic E-state index is 11.6. The van der Waals surface area contributed by atoms with Crippen LogP contribution in [0.4, 0.5) is 4.79 Å². The average molecular weight is 218 g/mol. The Bertz CT molecular complexity index is 430. The van der Waals surface area contributed by atoms with Gasteiger partial charge in [0, 0.05) is 7.05 Å². The molecular formula is C12H14N2O2. The number of benzene rings is 1. The van der Waals surface area contributed by atoms with Crippen LogP contribution in [-0.2, 0) is 10.3 Å². The fourth-order valence-electron chi connectivity index (χ4n) is 2.00. The zero-order valence-corrected chi connectivity index (χ0v) is 9.36. The number of nitrogens with zero attached hydrogens (tertiary/aromatic N) is 1. The summed E-state index contributed by atoms with van der Waals surface area (Å²) in [6, 6.07) is 9.25. The second-order valence-corrected chi connectivity index (χ2v) is 4.23. The fraction of sp³-hybridized carbons (Fsp3) is 0.333. The monoisotopic (exact) mass is 218 g/mol. The van der Waals surface area contributed by atoms with Gasteiger partial charge in [-0.2, -0.15) is 0 Å². The molecule has 0 bridgehead atoms. The molecule has 1 fully saturated rings. The summed E-state index contributed by atoms with van der Waals surface area (Å²) in [5, 5.41) is 2.30. The Balaban J connectivity index is 2.43. The summed E-state index contributed by atoms with van der Waals surface area (Å²) in [7, 11) is 1.70. The van der Waals surface area contributed by atoms with Crippen molar-refractivity contribution in [2.75, 3.05) is 7.05 Å². The molecular weight excluding hydrogens is 204 g/mol. The number of hydrogen-bond acceptors (Lipinski definition) is 2. The molecule has 1 atom stereocenters. The summed E-state index contributed by atoms with van der Waals surface area (Å²) >= 11 is 0. The number of imide groups is 1. The number of nitrogens with one attached hydrogen (secondary N) is 1. The van der Waals surface area contributed by atoms with Crippen LogP contribution in [0, 0.1) is 0 Å². The molecule has 1 unspecified atom stereocenters. The maximum atomic E-state index is 11.6. The first-order chi connectivity index (χ1) is 7.54. The van der Waals surface area contributed by atoms with Crippen LogP contribution in [0.1, 0.15) is 18.9 Å². The van der Waals surface area contributed by atoms with Gasteiger partial charge in [-0.25, -0.2) is 4.79 Å². The Morgan fingerprint density at radius 3 is 2.50 bits per heavy atom. The number of urea groups is 1. The summed E-state index contributed by atoms with van der Waals surface area (Å²) in [4.78, 5) is 24.6. The summed E-state index contributed by atoms with van der Waals surface area (Å²) < 4.78 is 0. The minimum absolute atomic E-state index is 0.227. The minimum atomic E-state index is -0.555. The van der Waals surface area contributed by atoms with E-state index in [1.54, 1.807) is 11.9 Å². The van der Waals surface area contributed by atoms with Crippen LogP contribution in [0.3, 0.4) is 0 Å². The van der Waals surface area contributed by atoms with Gasteiger partial charge in [0.15, 0.2) is 0 Å². The molecule has 1 heterocycles. The van der Waals surface area contributed by atoms with E-state index in [4.69, 9.17) is 0 Å². The molecule has 4 heteroatoms. The Hall–Kier alpha value is -1.84. The molecule has 1 aliphatic rings. The van der Waals surface area contributed by atoms with Gasteiger partial charge in [0.2, 0.25) is 5.91 Å².